The zero-order chi connectivity index (χ0) is 17.2. The Bertz CT molecular complexity index is 700. The van der Waals surface area contributed by atoms with Crippen molar-refractivity contribution in [2.45, 2.75) is 36.9 Å². The van der Waals surface area contributed by atoms with Crippen LogP contribution in [0.3, 0.4) is 0 Å². The molecule has 1 fully saturated rings. The molecule has 23 heavy (non-hydrogen) atoms. The number of amides is 1. The van der Waals surface area contributed by atoms with Crippen molar-refractivity contribution in [1.29, 1.82) is 0 Å². The number of hydrogen-bond acceptors (Lipinski definition) is 6. The highest BCUT2D eigenvalue weighted by molar-refractivity contribution is 7.91. The predicted octanol–water partition coefficient (Wildman–Crippen LogP) is 0.402. The number of carbonyl (C=O) groups excluding carboxylic acids is 1. The molecule has 0 aliphatic carbocycles. The van der Waals surface area contributed by atoms with Crippen molar-refractivity contribution in [2.75, 3.05) is 19.6 Å². The third kappa shape index (κ3) is 3.70. The Morgan fingerprint density at radius 1 is 1.43 bits per heavy atom. The van der Waals surface area contributed by atoms with E-state index in [1.165, 1.54) is 18.0 Å². The molecule has 8 nitrogen and oxygen atoms in total. The topological polar surface area (TPSA) is 108 Å². The lowest BCUT2D eigenvalue weighted by Crippen LogP contribution is -2.58. The number of sulfonamides is 1. The fraction of sp³-hybridized carbons (Fsp3) is 0.615. The van der Waals surface area contributed by atoms with E-state index in [1.54, 1.807) is 0 Å². The van der Waals surface area contributed by atoms with Crippen LogP contribution in [0.4, 0.5) is 0 Å². The first kappa shape index (κ1) is 17.8. The molecule has 2 rings (SSSR count). The van der Waals surface area contributed by atoms with Gasteiger partial charge in [0.1, 0.15) is 6.04 Å². The summed E-state index contributed by atoms with van der Waals surface area (Å²) in [7, 11) is -3.93. The average molecular weight is 361 g/mol. The zero-order valence-electron chi connectivity index (χ0n) is 12.9. The van der Waals surface area contributed by atoms with Crippen LogP contribution in [0.2, 0.25) is 0 Å². The maximum atomic E-state index is 12.7. The minimum Gasteiger partial charge on any atom is -0.480 e. The molecular weight excluding hydrogens is 342 g/mol. The van der Waals surface area contributed by atoms with E-state index in [2.05, 4.69) is 4.98 Å². The van der Waals surface area contributed by atoms with Crippen LogP contribution in [0.15, 0.2) is 10.4 Å². The van der Waals surface area contributed by atoms with Crippen molar-refractivity contribution < 1.29 is 23.1 Å². The van der Waals surface area contributed by atoms with Gasteiger partial charge in [0.2, 0.25) is 5.91 Å². The Morgan fingerprint density at radius 2 is 2.13 bits per heavy atom. The van der Waals surface area contributed by atoms with Gasteiger partial charge in [-0.15, -0.1) is 11.3 Å². The molecule has 0 aromatic carbocycles. The van der Waals surface area contributed by atoms with E-state index in [0.29, 0.717) is 11.4 Å². The first-order valence-electron chi connectivity index (χ1n) is 7.22. The molecule has 1 aromatic heterocycles. The zero-order valence-corrected chi connectivity index (χ0v) is 14.6. The summed E-state index contributed by atoms with van der Waals surface area (Å²) in [5, 5.41) is 10.1. The summed E-state index contributed by atoms with van der Waals surface area (Å²) in [5.41, 5.74) is 0. The molecule has 1 saturated heterocycles. The Morgan fingerprint density at radius 3 is 2.70 bits per heavy atom. The summed E-state index contributed by atoms with van der Waals surface area (Å²) in [5.74, 6) is -1.53. The Kier molecular flexibility index (Phi) is 5.37. The molecule has 2 heterocycles. The molecule has 128 valence electrons. The second-order valence-electron chi connectivity index (χ2n) is 5.26. The molecule has 0 radical (unpaired) electrons. The highest BCUT2D eigenvalue weighted by Crippen LogP contribution is 2.26. The Labute approximate surface area is 138 Å². The van der Waals surface area contributed by atoms with E-state index >= 15 is 0 Å². The van der Waals surface area contributed by atoms with Gasteiger partial charge >= 0.3 is 5.97 Å². The number of carbonyl (C=O) groups is 2. The lowest BCUT2D eigenvalue weighted by molar-refractivity contribution is -0.145. The van der Waals surface area contributed by atoms with Gasteiger partial charge in [-0.2, -0.15) is 4.31 Å². The van der Waals surface area contributed by atoms with Gasteiger partial charge in [-0.1, -0.05) is 6.92 Å². The first-order chi connectivity index (χ1) is 10.8. The summed E-state index contributed by atoms with van der Waals surface area (Å²) in [6, 6.07) is -1.28. The monoisotopic (exact) mass is 361 g/mol. The molecule has 1 atom stereocenters. The number of rotatable bonds is 5. The van der Waals surface area contributed by atoms with E-state index in [0.717, 1.165) is 22.1 Å². The summed E-state index contributed by atoms with van der Waals surface area (Å²) in [6.45, 7) is 3.30. The third-order valence-electron chi connectivity index (χ3n) is 3.62. The van der Waals surface area contributed by atoms with Crippen molar-refractivity contribution in [1.82, 2.24) is 14.2 Å². The Balaban J connectivity index is 2.29. The van der Waals surface area contributed by atoms with Gasteiger partial charge in [0.15, 0.2) is 4.21 Å². The summed E-state index contributed by atoms with van der Waals surface area (Å²) in [6.07, 6.45) is 2.81. The largest absolute Gasteiger partial charge is 0.480 e. The van der Waals surface area contributed by atoms with Crippen LogP contribution in [-0.2, 0) is 26.0 Å². The van der Waals surface area contributed by atoms with E-state index in [-0.39, 0.29) is 29.8 Å². The van der Waals surface area contributed by atoms with Crippen LogP contribution in [0.5, 0.6) is 0 Å². The number of hydrogen-bond donors (Lipinski definition) is 1. The minimum atomic E-state index is -3.93. The van der Waals surface area contributed by atoms with E-state index < -0.39 is 22.0 Å². The average Bonchev–Trinajstić information content (AvgIpc) is 2.96. The maximum absolute atomic E-state index is 12.7. The fourth-order valence-corrected chi connectivity index (χ4v) is 5.38. The SMILES string of the molecule is CCCc1ncc(S(=O)(=O)N2CCN(C(C)=O)C[C@@H]2C(=O)O)s1. The van der Waals surface area contributed by atoms with E-state index in [9.17, 15) is 23.1 Å². The standard InChI is InChI=1S/C13H19N3O5S2/c1-3-4-11-14-7-12(22-11)23(20,21)16-6-5-15(9(2)17)8-10(16)13(18)19/h7,10H,3-6,8H2,1-2H3,(H,18,19)/t10-/m1/s1. The summed E-state index contributed by atoms with van der Waals surface area (Å²) < 4.78 is 26.5. The molecule has 0 unspecified atom stereocenters. The van der Waals surface area contributed by atoms with Gasteiger partial charge in [-0.3, -0.25) is 9.59 Å². The second-order valence-corrected chi connectivity index (χ2v) is 8.49. The number of thiazole rings is 1. The van der Waals surface area contributed by atoms with E-state index in [4.69, 9.17) is 0 Å². The van der Waals surface area contributed by atoms with Crippen LogP contribution in [0.1, 0.15) is 25.3 Å². The highest BCUT2D eigenvalue weighted by atomic mass is 32.2. The van der Waals surface area contributed by atoms with Gasteiger partial charge in [0, 0.05) is 26.6 Å². The number of piperazine rings is 1. The quantitative estimate of drug-likeness (QED) is 0.813. The van der Waals surface area contributed by atoms with Gasteiger partial charge in [-0.05, 0) is 12.8 Å². The molecule has 0 saturated carbocycles. The van der Waals surface area contributed by atoms with Crippen molar-refractivity contribution in [3.63, 3.8) is 0 Å². The first-order valence-corrected chi connectivity index (χ1v) is 9.48. The molecular formula is C13H19N3O5S2. The number of aliphatic carboxylic acids is 1. The lowest BCUT2D eigenvalue weighted by Gasteiger charge is -2.37. The minimum absolute atomic E-state index is 0.0418. The number of aromatic nitrogens is 1. The van der Waals surface area contributed by atoms with Crippen molar-refractivity contribution in [3.8, 4) is 0 Å². The van der Waals surface area contributed by atoms with Crippen LogP contribution in [0.25, 0.3) is 0 Å². The number of nitrogens with zero attached hydrogens (tertiary/aromatic N) is 3. The number of carboxylic acid groups (broad SMARTS) is 1. The molecule has 0 spiro atoms. The van der Waals surface area contributed by atoms with Gasteiger partial charge in [0.25, 0.3) is 10.0 Å². The molecule has 1 aromatic rings. The Hall–Kier alpha value is -1.52. The second kappa shape index (κ2) is 6.93. The number of aryl methyl sites for hydroxylation is 1. The molecule has 1 aliphatic heterocycles. The summed E-state index contributed by atoms with van der Waals surface area (Å²) in [4.78, 5) is 28.3. The predicted molar refractivity (Wildman–Crippen MR) is 83.7 cm³/mol. The van der Waals surface area contributed by atoms with Crippen LogP contribution < -0.4 is 0 Å². The molecule has 10 heteroatoms. The maximum Gasteiger partial charge on any atom is 0.323 e. The smallest absolute Gasteiger partial charge is 0.323 e. The highest BCUT2D eigenvalue weighted by Gasteiger charge is 2.41. The van der Waals surface area contributed by atoms with Crippen LogP contribution in [-0.4, -0.2) is 65.3 Å². The fourth-order valence-electron chi connectivity index (χ4n) is 2.40. The molecule has 0 bridgehead atoms. The van der Waals surface area contributed by atoms with Crippen LogP contribution >= 0.6 is 11.3 Å². The van der Waals surface area contributed by atoms with Crippen molar-refractivity contribution >= 4 is 33.2 Å². The van der Waals surface area contributed by atoms with Gasteiger partial charge < -0.3 is 10.0 Å². The van der Waals surface area contributed by atoms with Gasteiger partial charge in [-0.25, -0.2) is 13.4 Å². The van der Waals surface area contributed by atoms with E-state index in [1.807, 2.05) is 6.92 Å². The van der Waals surface area contributed by atoms with Crippen LogP contribution in [0, 0.1) is 0 Å². The molecule has 1 N–H and O–H groups in total. The van der Waals surface area contributed by atoms with Crippen molar-refractivity contribution in [3.05, 3.63) is 11.2 Å². The molecule has 1 aliphatic rings. The molecule has 1 amide bonds. The normalized spacial score (nSPS) is 19.7. The lowest BCUT2D eigenvalue weighted by atomic mass is 10.2. The number of carboxylic acids is 1. The van der Waals surface area contributed by atoms with Gasteiger partial charge in [0.05, 0.1) is 11.2 Å². The summed E-state index contributed by atoms with van der Waals surface area (Å²) >= 11 is 1.06. The van der Waals surface area contributed by atoms with Crippen molar-refractivity contribution in [2.24, 2.45) is 0 Å². The third-order valence-corrected chi connectivity index (χ3v) is 7.02.